The third kappa shape index (κ3) is 4.31. The van der Waals surface area contributed by atoms with Gasteiger partial charge in [-0.1, -0.05) is 0 Å². The average Bonchev–Trinajstić information content (AvgIpc) is 3.02. The summed E-state index contributed by atoms with van der Waals surface area (Å²) in [6.07, 6.45) is 4.55. The standard InChI is InChI=1S/C16H19FN2O3S2/c1-24(20,21)15-4-2-13(3-5-15)22-11-14-10-18-16(23-14)12-6-8-19(17)9-7-12/h2-5,10,12H,6-9,11H2,1H3. The van der Waals surface area contributed by atoms with Gasteiger partial charge < -0.3 is 4.74 Å². The molecule has 0 aliphatic carbocycles. The van der Waals surface area contributed by atoms with Gasteiger partial charge in [-0.05, 0) is 37.1 Å². The molecule has 0 bridgehead atoms. The molecule has 2 heterocycles. The maximum Gasteiger partial charge on any atom is 0.175 e. The minimum Gasteiger partial charge on any atom is -0.488 e. The molecule has 1 aliphatic heterocycles. The Balaban J connectivity index is 1.57. The Labute approximate surface area is 144 Å². The lowest BCUT2D eigenvalue weighted by molar-refractivity contribution is 0.000714. The molecule has 2 aromatic rings. The molecule has 0 amide bonds. The molecule has 24 heavy (non-hydrogen) atoms. The van der Waals surface area contributed by atoms with Gasteiger partial charge >= 0.3 is 0 Å². The van der Waals surface area contributed by atoms with Gasteiger partial charge in [0.1, 0.15) is 12.4 Å². The number of halogens is 1. The van der Waals surface area contributed by atoms with Crippen LogP contribution in [0.2, 0.25) is 0 Å². The van der Waals surface area contributed by atoms with Gasteiger partial charge in [-0.25, -0.2) is 13.4 Å². The molecule has 5 nitrogen and oxygen atoms in total. The fraction of sp³-hybridized carbons (Fsp3) is 0.438. The Kier molecular flexibility index (Phi) is 5.17. The largest absolute Gasteiger partial charge is 0.488 e. The van der Waals surface area contributed by atoms with Crippen LogP contribution in [-0.2, 0) is 16.4 Å². The van der Waals surface area contributed by atoms with Gasteiger partial charge in [0, 0.05) is 31.5 Å². The number of nitrogens with zero attached hydrogens (tertiary/aromatic N) is 2. The number of rotatable bonds is 5. The Bertz CT molecular complexity index is 782. The van der Waals surface area contributed by atoms with Crippen LogP contribution in [0.15, 0.2) is 35.4 Å². The quantitative estimate of drug-likeness (QED) is 0.757. The summed E-state index contributed by atoms with van der Waals surface area (Å²) in [6, 6.07) is 6.37. The van der Waals surface area contributed by atoms with Crippen LogP contribution in [0.5, 0.6) is 5.75 Å². The van der Waals surface area contributed by atoms with Gasteiger partial charge in [0.05, 0.1) is 14.8 Å². The van der Waals surface area contributed by atoms with Crippen molar-refractivity contribution in [2.24, 2.45) is 0 Å². The molecule has 0 N–H and O–H groups in total. The molecule has 0 radical (unpaired) electrons. The van der Waals surface area contributed by atoms with Gasteiger partial charge in [-0.15, -0.1) is 20.9 Å². The zero-order valence-corrected chi connectivity index (χ0v) is 14.9. The predicted molar refractivity (Wildman–Crippen MR) is 90.7 cm³/mol. The van der Waals surface area contributed by atoms with Crippen molar-refractivity contribution in [3.8, 4) is 5.75 Å². The van der Waals surface area contributed by atoms with Crippen LogP contribution in [0.4, 0.5) is 4.48 Å². The number of sulfone groups is 1. The summed E-state index contributed by atoms with van der Waals surface area (Å²) in [5, 5.41) is 1.89. The van der Waals surface area contributed by atoms with Crippen LogP contribution < -0.4 is 4.74 Å². The molecular weight excluding hydrogens is 351 g/mol. The van der Waals surface area contributed by atoms with Gasteiger partial charge in [-0.2, -0.15) is 0 Å². The van der Waals surface area contributed by atoms with Gasteiger partial charge in [0.2, 0.25) is 0 Å². The van der Waals surface area contributed by atoms with E-state index in [0.29, 0.717) is 31.4 Å². The minimum atomic E-state index is -3.19. The number of aromatic nitrogens is 1. The first kappa shape index (κ1) is 17.3. The number of piperidine rings is 1. The molecule has 130 valence electrons. The number of thiazole rings is 1. The first-order chi connectivity index (χ1) is 11.4. The molecule has 0 unspecified atom stereocenters. The molecule has 1 aliphatic rings. The molecule has 1 saturated heterocycles. The van der Waals surface area contributed by atoms with Crippen molar-refractivity contribution < 1.29 is 17.6 Å². The van der Waals surface area contributed by atoms with Crippen LogP contribution in [0.25, 0.3) is 0 Å². The number of benzene rings is 1. The summed E-state index contributed by atoms with van der Waals surface area (Å²) in [7, 11) is -3.19. The zero-order chi connectivity index (χ0) is 17.2. The monoisotopic (exact) mass is 370 g/mol. The first-order valence-corrected chi connectivity index (χ1v) is 10.4. The highest BCUT2D eigenvalue weighted by molar-refractivity contribution is 7.90. The first-order valence-electron chi connectivity index (χ1n) is 7.70. The molecule has 1 aromatic carbocycles. The molecule has 0 atom stereocenters. The van der Waals surface area contributed by atoms with Crippen molar-refractivity contribution in [3.05, 3.63) is 40.3 Å². The molecule has 1 aromatic heterocycles. The predicted octanol–water partition coefficient (Wildman–Crippen LogP) is 3.19. The van der Waals surface area contributed by atoms with Crippen molar-refractivity contribution in [2.45, 2.75) is 30.3 Å². The van der Waals surface area contributed by atoms with E-state index in [0.717, 1.165) is 27.8 Å². The molecule has 1 fully saturated rings. The number of hydrogen-bond donors (Lipinski definition) is 0. The Morgan fingerprint density at radius 3 is 2.58 bits per heavy atom. The van der Waals surface area contributed by atoms with Crippen LogP contribution in [-0.4, -0.2) is 37.9 Å². The fourth-order valence-electron chi connectivity index (χ4n) is 2.61. The maximum absolute atomic E-state index is 13.0. The lowest BCUT2D eigenvalue weighted by atomic mass is 9.99. The summed E-state index contributed by atoms with van der Waals surface area (Å²) in [4.78, 5) is 5.71. The van der Waals surface area contributed by atoms with Crippen LogP contribution >= 0.6 is 11.3 Å². The van der Waals surface area contributed by atoms with E-state index in [1.165, 1.54) is 18.4 Å². The highest BCUT2D eigenvalue weighted by Crippen LogP contribution is 2.31. The van der Waals surface area contributed by atoms with Gasteiger partial charge in [-0.3, -0.25) is 0 Å². The summed E-state index contributed by atoms with van der Waals surface area (Å²) >= 11 is 1.59. The van der Waals surface area contributed by atoms with Crippen molar-refractivity contribution in [2.75, 3.05) is 19.3 Å². The Morgan fingerprint density at radius 2 is 1.96 bits per heavy atom. The summed E-state index contributed by atoms with van der Waals surface area (Å²) in [5.74, 6) is 0.938. The van der Waals surface area contributed by atoms with E-state index in [2.05, 4.69) is 4.98 Å². The Morgan fingerprint density at radius 1 is 1.29 bits per heavy atom. The van der Waals surface area contributed by atoms with Crippen LogP contribution in [0, 0.1) is 0 Å². The average molecular weight is 370 g/mol. The van der Waals surface area contributed by atoms with Crippen LogP contribution in [0.1, 0.15) is 28.6 Å². The molecular formula is C16H19FN2O3S2. The second kappa shape index (κ2) is 7.16. The Hall–Kier alpha value is -1.51. The highest BCUT2D eigenvalue weighted by Gasteiger charge is 2.22. The second-order valence-corrected chi connectivity index (χ2v) is 9.04. The second-order valence-electron chi connectivity index (χ2n) is 5.88. The maximum atomic E-state index is 13.0. The van der Waals surface area contributed by atoms with Crippen molar-refractivity contribution in [1.29, 1.82) is 0 Å². The molecule has 0 spiro atoms. The van der Waals surface area contributed by atoms with E-state index in [9.17, 15) is 12.9 Å². The number of hydrogen-bond acceptors (Lipinski definition) is 6. The lowest BCUT2D eigenvalue weighted by Crippen LogP contribution is -2.26. The summed E-state index contributed by atoms with van der Waals surface area (Å²) in [5.41, 5.74) is 0. The van der Waals surface area contributed by atoms with E-state index in [-0.39, 0.29) is 4.90 Å². The van der Waals surface area contributed by atoms with E-state index in [1.54, 1.807) is 29.7 Å². The number of ether oxygens (including phenoxy) is 1. The van der Waals surface area contributed by atoms with Crippen molar-refractivity contribution in [3.63, 3.8) is 0 Å². The van der Waals surface area contributed by atoms with E-state index >= 15 is 0 Å². The van der Waals surface area contributed by atoms with E-state index < -0.39 is 9.84 Å². The van der Waals surface area contributed by atoms with Crippen molar-refractivity contribution in [1.82, 2.24) is 10.1 Å². The third-order valence-electron chi connectivity index (χ3n) is 3.99. The smallest absolute Gasteiger partial charge is 0.175 e. The van der Waals surface area contributed by atoms with Gasteiger partial charge in [0.15, 0.2) is 9.84 Å². The van der Waals surface area contributed by atoms with Gasteiger partial charge in [0.25, 0.3) is 0 Å². The van der Waals surface area contributed by atoms with E-state index in [4.69, 9.17) is 4.74 Å². The topological polar surface area (TPSA) is 59.5 Å². The zero-order valence-electron chi connectivity index (χ0n) is 13.3. The van der Waals surface area contributed by atoms with Crippen LogP contribution in [0.3, 0.4) is 0 Å². The van der Waals surface area contributed by atoms with E-state index in [1.807, 2.05) is 0 Å². The summed E-state index contributed by atoms with van der Waals surface area (Å²) < 4.78 is 41.6. The van der Waals surface area contributed by atoms with Crippen molar-refractivity contribution >= 4 is 21.2 Å². The third-order valence-corrected chi connectivity index (χ3v) is 6.26. The molecule has 8 heteroatoms. The molecule has 3 rings (SSSR count). The fourth-order valence-corrected chi connectivity index (χ4v) is 4.24. The SMILES string of the molecule is CS(=O)(=O)c1ccc(OCc2cnc(C3CCN(F)CC3)s2)cc1. The minimum absolute atomic E-state index is 0.272. The summed E-state index contributed by atoms with van der Waals surface area (Å²) in [6.45, 7) is 1.31. The molecule has 0 saturated carbocycles. The lowest BCUT2D eigenvalue weighted by Gasteiger charge is -2.23. The highest BCUT2D eigenvalue weighted by atomic mass is 32.2. The normalized spacial score (nSPS) is 17.1.